The molecule has 0 aliphatic carbocycles. The molecule has 3 rings (SSSR count). The average molecular weight is 329 g/mol. The lowest BCUT2D eigenvalue weighted by Gasteiger charge is -2.45. The maximum absolute atomic E-state index is 6.20. The molecule has 2 aliphatic rings. The van der Waals surface area contributed by atoms with Gasteiger partial charge in [-0.25, -0.2) is 0 Å². The molecule has 0 amide bonds. The number of nitrogens with one attached hydrogen (secondary N) is 1. The van der Waals surface area contributed by atoms with E-state index >= 15 is 0 Å². The van der Waals surface area contributed by atoms with Gasteiger partial charge in [0.1, 0.15) is 5.75 Å². The highest BCUT2D eigenvalue weighted by atomic mass is 32.2. The smallest absolute Gasteiger partial charge is 0.134 e. The van der Waals surface area contributed by atoms with Crippen LogP contribution >= 0.6 is 23.1 Å². The molecule has 2 aliphatic heterocycles. The fraction of sp³-hybridized carbons (Fsp3) is 0.733. The summed E-state index contributed by atoms with van der Waals surface area (Å²) in [6, 6.07) is 2.19. The molecular formula is C15H24N2O2S2. The van der Waals surface area contributed by atoms with Crippen LogP contribution < -0.4 is 16.0 Å². The zero-order valence-corrected chi connectivity index (χ0v) is 14.1. The molecule has 2 saturated heterocycles. The third-order valence-corrected chi connectivity index (χ3v) is 6.71. The molecule has 3 heterocycles. The van der Waals surface area contributed by atoms with Crippen molar-refractivity contribution in [2.24, 2.45) is 11.8 Å². The van der Waals surface area contributed by atoms with Crippen molar-refractivity contribution in [1.82, 2.24) is 5.43 Å². The third-order valence-electron chi connectivity index (χ3n) is 4.75. The van der Waals surface area contributed by atoms with Crippen LogP contribution in [-0.2, 0) is 4.74 Å². The standard InChI is InChI=1S/C15H24N2O2S2/c1-18-12-3-7-21-14(12)13(17-16)11-2-6-19-15(10-11)4-8-20-9-5-15/h3,7,11,13,17H,2,4-6,8-10,16H2,1H3. The molecule has 4 nitrogen and oxygen atoms in total. The lowest BCUT2D eigenvalue weighted by atomic mass is 9.78. The van der Waals surface area contributed by atoms with Crippen LogP contribution in [0.5, 0.6) is 5.75 Å². The monoisotopic (exact) mass is 328 g/mol. The van der Waals surface area contributed by atoms with E-state index in [1.54, 1.807) is 18.4 Å². The van der Waals surface area contributed by atoms with Crippen LogP contribution in [0, 0.1) is 5.92 Å². The van der Waals surface area contributed by atoms with Gasteiger partial charge < -0.3 is 9.47 Å². The maximum atomic E-state index is 6.20. The Bertz CT molecular complexity index is 455. The number of hydrazine groups is 1. The van der Waals surface area contributed by atoms with Gasteiger partial charge in [0.05, 0.1) is 23.6 Å². The second-order valence-corrected chi connectivity index (χ2v) is 8.07. The number of methoxy groups -OCH3 is 1. The fourth-order valence-corrected chi connectivity index (χ4v) is 5.82. The fourth-order valence-electron chi connectivity index (χ4n) is 3.57. The van der Waals surface area contributed by atoms with Gasteiger partial charge in [-0.3, -0.25) is 11.3 Å². The van der Waals surface area contributed by atoms with Gasteiger partial charge in [-0.05, 0) is 54.6 Å². The van der Waals surface area contributed by atoms with E-state index < -0.39 is 0 Å². The number of ether oxygens (including phenoxy) is 2. The van der Waals surface area contributed by atoms with Crippen molar-refractivity contribution in [2.75, 3.05) is 25.2 Å². The molecule has 2 unspecified atom stereocenters. The van der Waals surface area contributed by atoms with Crippen LogP contribution in [0.15, 0.2) is 11.4 Å². The minimum atomic E-state index is 0.0910. The van der Waals surface area contributed by atoms with Gasteiger partial charge in [-0.1, -0.05) is 0 Å². The Labute approximate surface area is 134 Å². The Balaban J connectivity index is 1.77. The lowest BCUT2D eigenvalue weighted by molar-refractivity contribution is -0.107. The first kappa shape index (κ1) is 15.6. The summed E-state index contributed by atoms with van der Waals surface area (Å²) in [4.78, 5) is 1.22. The molecule has 3 N–H and O–H groups in total. The van der Waals surface area contributed by atoms with Crippen molar-refractivity contribution >= 4 is 23.1 Å². The van der Waals surface area contributed by atoms with Crippen molar-refractivity contribution < 1.29 is 9.47 Å². The van der Waals surface area contributed by atoms with Gasteiger partial charge in [-0.2, -0.15) is 11.8 Å². The molecule has 2 atom stereocenters. The Morgan fingerprint density at radius 1 is 1.48 bits per heavy atom. The number of nitrogens with two attached hydrogens (primary N) is 1. The second-order valence-electron chi connectivity index (χ2n) is 5.89. The largest absolute Gasteiger partial charge is 0.496 e. The Morgan fingerprint density at radius 2 is 2.29 bits per heavy atom. The van der Waals surface area contributed by atoms with Gasteiger partial charge in [0.2, 0.25) is 0 Å². The van der Waals surface area contributed by atoms with Crippen molar-refractivity contribution in [2.45, 2.75) is 37.3 Å². The molecular weight excluding hydrogens is 304 g/mol. The summed E-state index contributed by atoms with van der Waals surface area (Å²) in [7, 11) is 1.73. The van der Waals surface area contributed by atoms with Crippen LogP contribution in [0.4, 0.5) is 0 Å². The van der Waals surface area contributed by atoms with Crippen LogP contribution in [0.1, 0.15) is 36.6 Å². The third kappa shape index (κ3) is 3.24. The molecule has 0 radical (unpaired) electrons. The highest BCUT2D eigenvalue weighted by Gasteiger charge is 2.41. The molecule has 21 heavy (non-hydrogen) atoms. The van der Waals surface area contributed by atoms with Crippen molar-refractivity contribution in [3.05, 3.63) is 16.3 Å². The van der Waals surface area contributed by atoms with Gasteiger partial charge in [0, 0.05) is 6.61 Å². The quantitative estimate of drug-likeness (QED) is 0.657. The molecule has 118 valence electrons. The van der Waals surface area contributed by atoms with Crippen molar-refractivity contribution in [1.29, 1.82) is 0 Å². The van der Waals surface area contributed by atoms with Crippen LogP contribution in [0.3, 0.4) is 0 Å². The normalized spacial score (nSPS) is 26.7. The Morgan fingerprint density at radius 3 is 3.00 bits per heavy atom. The molecule has 1 aromatic rings. The lowest BCUT2D eigenvalue weighted by Crippen LogP contribution is -2.46. The van der Waals surface area contributed by atoms with Gasteiger partial charge in [0.25, 0.3) is 0 Å². The predicted molar refractivity (Wildman–Crippen MR) is 88.9 cm³/mol. The summed E-state index contributed by atoms with van der Waals surface area (Å²) in [5.41, 5.74) is 3.13. The Hall–Kier alpha value is -0.270. The van der Waals surface area contributed by atoms with Crippen LogP contribution in [0.25, 0.3) is 0 Å². The zero-order chi connectivity index (χ0) is 14.7. The van der Waals surface area contributed by atoms with E-state index in [2.05, 4.69) is 10.8 Å². The maximum Gasteiger partial charge on any atom is 0.134 e. The molecule has 2 fully saturated rings. The first-order chi connectivity index (χ1) is 10.3. The van der Waals surface area contributed by atoms with E-state index in [9.17, 15) is 0 Å². The number of rotatable bonds is 4. The first-order valence-corrected chi connectivity index (χ1v) is 9.61. The van der Waals surface area contributed by atoms with E-state index in [1.165, 1.54) is 29.2 Å². The summed E-state index contributed by atoms with van der Waals surface area (Å²) in [5, 5.41) is 2.07. The highest BCUT2D eigenvalue weighted by molar-refractivity contribution is 7.99. The number of thiophene rings is 1. The molecule has 0 saturated carbocycles. The van der Waals surface area contributed by atoms with E-state index in [1.807, 2.05) is 17.8 Å². The van der Waals surface area contributed by atoms with Gasteiger partial charge in [-0.15, -0.1) is 11.3 Å². The van der Waals surface area contributed by atoms with Gasteiger partial charge >= 0.3 is 0 Å². The van der Waals surface area contributed by atoms with E-state index in [0.717, 1.165) is 25.2 Å². The topological polar surface area (TPSA) is 56.5 Å². The van der Waals surface area contributed by atoms with Crippen LogP contribution in [-0.4, -0.2) is 30.8 Å². The summed E-state index contributed by atoms with van der Waals surface area (Å²) < 4.78 is 11.7. The SMILES string of the molecule is COc1ccsc1C(NN)C1CCOC2(CCSCC2)C1. The summed E-state index contributed by atoms with van der Waals surface area (Å²) in [6.45, 7) is 0.848. The Kier molecular flexibility index (Phi) is 5.11. The van der Waals surface area contributed by atoms with Crippen molar-refractivity contribution in [3.63, 3.8) is 0 Å². The van der Waals surface area contributed by atoms with E-state index in [-0.39, 0.29) is 11.6 Å². The van der Waals surface area contributed by atoms with Crippen molar-refractivity contribution in [3.8, 4) is 5.75 Å². The summed E-state index contributed by atoms with van der Waals surface area (Å²) >= 11 is 3.77. The number of thioether (sulfide) groups is 1. The average Bonchev–Trinajstić information content (AvgIpc) is 2.97. The molecule has 6 heteroatoms. The predicted octanol–water partition coefficient (Wildman–Crippen LogP) is 2.95. The van der Waals surface area contributed by atoms with Crippen LogP contribution in [0.2, 0.25) is 0 Å². The van der Waals surface area contributed by atoms with E-state index in [4.69, 9.17) is 15.3 Å². The van der Waals surface area contributed by atoms with E-state index in [0.29, 0.717) is 5.92 Å². The summed E-state index contributed by atoms with van der Waals surface area (Å²) in [6.07, 6.45) is 4.51. The number of hydrogen-bond donors (Lipinski definition) is 2. The zero-order valence-electron chi connectivity index (χ0n) is 12.5. The second kappa shape index (κ2) is 6.87. The molecule has 1 aromatic heterocycles. The first-order valence-electron chi connectivity index (χ1n) is 7.57. The summed E-state index contributed by atoms with van der Waals surface area (Å²) in [5.74, 6) is 9.79. The minimum Gasteiger partial charge on any atom is -0.496 e. The molecule has 0 bridgehead atoms. The molecule has 0 aromatic carbocycles. The van der Waals surface area contributed by atoms with Gasteiger partial charge in [0.15, 0.2) is 0 Å². The molecule has 1 spiro atoms. The minimum absolute atomic E-state index is 0.0910. The highest BCUT2D eigenvalue weighted by Crippen LogP contribution is 2.45. The number of hydrogen-bond acceptors (Lipinski definition) is 6.